The zero-order valence-corrected chi connectivity index (χ0v) is 21.2. The molecule has 1 spiro atoms. The zero-order chi connectivity index (χ0) is 30.1. The molecule has 16 heteroatoms. The van der Waals surface area contributed by atoms with Crippen LogP contribution in [0, 0.1) is 6.92 Å². The summed E-state index contributed by atoms with van der Waals surface area (Å²) in [5.74, 6) is -3.50. The first-order valence-electron chi connectivity index (χ1n) is 11.7. The fourth-order valence-corrected chi connectivity index (χ4v) is 3.90. The van der Waals surface area contributed by atoms with E-state index in [0.717, 1.165) is 44.0 Å². The Hall–Kier alpha value is -3.66. The topological polar surface area (TPSA) is 133 Å². The first-order valence-corrected chi connectivity index (χ1v) is 11.7. The maximum Gasteiger partial charge on any atom is 0.490 e. The molecular weight excluding hydrogens is 556 g/mol. The molecule has 2 fully saturated rings. The Kier molecular flexibility index (Phi) is 11.1. The predicted octanol–water partition coefficient (Wildman–Crippen LogP) is 3.76. The highest BCUT2D eigenvalue weighted by Crippen LogP contribution is 2.31. The average Bonchev–Trinajstić information content (AvgIpc) is 3.30. The maximum atomic E-state index is 12.7. The summed E-state index contributed by atoms with van der Waals surface area (Å²) in [5.41, 5.74) is 0.432. The second kappa shape index (κ2) is 13.6. The zero-order valence-electron chi connectivity index (χ0n) is 21.2. The number of alkyl halides is 6. The second-order valence-corrected chi connectivity index (χ2v) is 8.89. The van der Waals surface area contributed by atoms with E-state index in [1.54, 1.807) is 18.5 Å². The number of pyridine rings is 1. The summed E-state index contributed by atoms with van der Waals surface area (Å²) < 4.78 is 75.3. The van der Waals surface area contributed by atoms with Crippen LogP contribution in [0.1, 0.15) is 34.7 Å². The van der Waals surface area contributed by atoms with E-state index in [2.05, 4.69) is 9.88 Å². The molecule has 0 aliphatic carbocycles. The van der Waals surface area contributed by atoms with Crippen LogP contribution in [0.15, 0.2) is 41.1 Å². The summed E-state index contributed by atoms with van der Waals surface area (Å²) in [6.07, 6.45) is -4.97. The highest BCUT2D eigenvalue weighted by atomic mass is 19.4. The summed E-state index contributed by atoms with van der Waals surface area (Å²) in [5, 5.41) is 14.2. The van der Waals surface area contributed by atoms with Crippen LogP contribution in [0.25, 0.3) is 0 Å². The third-order valence-corrected chi connectivity index (χ3v) is 5.87. The van der Waals surface area contributed by atoms with Crippen molar-refractivity contribution in [2.45, 2.75) is 44.3 Å². The number of carbonyl (C=O) groups is 3. The smallest absolute Gasteiger partial charge is 0.475 e. The van der Waals surface area contributed by atoms with Crippen LogP contribution in [0.3, 0.4) is 0 Å². The van der Waals surface area contributed by atoms with E-state index in [9.17, 15) is 31.1 Å². The molecule has 2 aromatic rings. The van der Waals surface area contributed by atoms with Gasteiger partial charge in [-0.25, -0.2) is 9.59 Å². The predicted molar refractivity (Wildman–Crippen MR) is 124 cm³/mol. The quantitative estimate of drug-likeness (QED) is 0.519. The molecule has 0 bridgehead atoms. The number of rotatable bonds is 3. The number of hydrogen-bond acceptors (Lipinski definition) is 7. The van der Waals surface area contributed by atoms with Crippen molar-refractivity contribution in [2.75, 3.05) is 32.8 Å². The molecule has 222 valence electrons. The molecule has 0 aromatic carbocycles. The average molecular weight is 583 g/mol. The van der Waals surface area contributed by atoms with Crippen molar-refractivity contribution in [1.29, 1.82) is 0 Å². The van der Waals surface area contributed by atoms with Gasteiger partial charge in [0.05, 0.1) is 30.9 Å². The van der Waals surface area contributed by atoms with Gasteiger partial charge >= 0.3 is 24.3 Å². The standard InChI is InChI=1S/C20H25N3O3.2C2HF3O2/c1-16-4-5-18(26-16)14-22-9-6-20(7-10-22)15-23(11-12-25-20)19(24)17-3-2-8-21-13-17;2*3-2(4,5)1(6)7/h2-5,8,13H,6-7,9-12,14-15H2,1H3;2*(H,6,7). The van der Waals surface area contributed by atoms with Crippen LogP contribution in [0.4, 0.5) is 26.3 Å². The number of nitrogens with zero attached hydrogens (tertiary/aromatic N) is 3. The lowest BCUT2D eigenvalue weighted by atomic mass is 9.89. The van der Waals surface area contributed by atoms with Gasteiger partial charge in [0, 0.05) is 32.0 Å². The number of hydrogen-bond donors (Lipinski definition) is 2. The summed E-state index contributed by atoms with van der Waals surface area (Å²) in [6, 6.07) is 7.68. The third-order valence-electron chi connectivity index (χ3n) is 5.87. The Morgan fingerprint density at radius 1 is 0.975 bits per heavy atom. The van der Waals surface area contributed by atoms with Gasteiger partial charge in [0.2, 0.25) is 0 Å². The van der Waals surface area contributed by atoms with E-state index in [4.69, 9.17) is 29.0 Å². The third kappa shape index (κ3) is 10.1. The van der Waals surface area contributed by atoms with Crippen LogP contribution in [-0.4, -0.2) is 93.6 Å². The Morgan fingerprint density at radius 2 is 1.55 bits per heavy atom. The molecule has 2 aromatic heterocycles. The summed E-state index contributed by atoms with van der Waals surface area (Å²) in [4.78, 5) is 38.9. The number of aromatic nitrogens is 1. The maximum absolute atomic E-state index is 12.7. The number of carboxylic acids is 2. The number of halogens is 6. The molecule has 0 unspecified atom stereocenters. The lowest BCUT2D eigenvalue weighted by molar-refractivity contribution is -0.193. The number of furan rings is 1. The van der Waals surface area contributed by atoms with E-state index in [-0.39, 0.29) is 11.5 Å². The van der Waals surface area contributed by atoms with Gasteiger partial charge in [-0.2, -0.15) is 26.3 Å². The number of aliphatic carboxylic acids is 2. The van der Waals surface area contributed by atoms with Crippen molar-refractivity contribution >= 4 is 17.8 Å². The lowest BCUT2D eigenvalue weighted by Crippen LogP contribution is -2.57. The fraction of sp³-hybridized carbons (Fsp3) is 0.500. The molecule has 2 aliphatic heterocycles. The highest BCUT2D eigenvalue weighted by Gasteiger charge is 2.41. The number of morpholine rings is 1. The SMILES string of the molecule is Cc1ccc(CN2CCC3(CC2)CN(C(=O)c2cccnc2)CCO3)o1.O=C(O)C(F)(F)F.O=C(O)C(F)(F)F. The van der Waals surface area contributed by atoms with Gasteiger partial charge in [-0.1, -0.05) is 0 Å². The Labute approximate surface area is 224 Å². The molecular formula is C24H27F6N3O7. The van der Waals surface area contributed by atoms with Crippen LogP contribution in [0.2, 0.25) is 0 Å². The monoisotopic (exact) mass is 583 g/mol. The number of ether oxygens (including phenoxy) is 1. The minimum atomic E-state index is -5.08. The van der Waals surface area contributed by atoms with Crippen LogP contribution < -0.4 is 0 Å². The molecule has 1 amide bonds. The molecule has 10 nitrogen and oxygen atoms in total. The minimum Gasteiger partial charge on any atom is -0.475 e. The van der Waals surface area contributed by atoms with Gasteiger partial charge in [-0.15, -0.1) is 0 Å². The number of aryl methyl sites for hydroxylation is 1. The van der Waals surface area contributed by atoms with Crippen molar-refractivity contribution in [1.82, 2.24) is 14.8 Å². The molecule has 2 saturated heterocycles. The van der Waals surface area contributed by atoms with E-state index in [1.807, 2.05) is 30.0 Å². The molecule has 2 aliphatic rings. The Morgan fingerprint density at radius 3 is 2.00 bits per heavy atom. The fourth-order valence-electron chi connectivity index (χ4n) is 3.90. The lowest BCUT2D eigenvalue weighted by Gasteiger charge is -2.47. The molecule has 0 radical (unpaired) electrons. The van der Waals surface area contributed by atoms with E-state index in [1.165, 1.54) is 0 Å². The minimum absolute atomic E-state index is 0.0502. The number of carbonyl (C=O) groups excluding carboxylic acids is 1. The summed E-state index contributed by atoms with van der Waals surface area (Å²) in [7, 11) is 0. The first kappa shape index (κ1) is 32.6. The second-order valence-electron chi connectivity index (χ2n) is 8.89. The van der Waals surface area contributed by atoms with Crippen molar-refractivity contribution in [3.05, 3.63) is 53.7 Å². The van der Waals surface area contributed by atoms with Gasteiger partial charge in [0.25, 0.3) is 5.91 Å². The summed E-state index contributed by atoms with van der Waals surface area (Å²) in [6.45, 7) is 6.62. The van der Waals surface area contributed by atoms with Crippen LogP contribution in [0.5, 0.6) is 0 Å². The molecule has 4 rings (SSSR count). The van der Waals surface area contributed by atoms with Crippen molar-refractivity contribution in [3.63, 3.8) is 0 Å². The number of carboxylic acid groups (broad SMARTS) is 2. The molecule has 0 atom stereocenters. The van der Waals surface area contributed by atoms with Gasteiger partial charge in [0.1, 0.15) is 11.5 Å². The molecule has 0 saturated carbocycles. The van der Waals surface area contributed by atoms with Crippen LogP contribution >= 0.6 is 0 Å². The normalized spacial score (nSPS) is 17.2. The van der Waals surface area contributed by atoms with E-state index in [0.29, 0.717) is 25.3 Å². The van der Waals surface area contributed by atoms with Gasteiger partial charge < -0.3 is 24.3 Å². The van der Waals surface area contributed by atoms with Gasteiger partial charge in [-0.05, 0) is 44.0 Å². The van der Waals surface area contributed by atoms with Gasteiger partial charge in [0.15, 0.2) is 0 Å². The number of amides is 1. The van der Waals surface area contributed by atoms with Crippen molar-refractivity contribution < 1.29 is 60.1 Å². The largest absolute Gasteiger partial charge is 0.490 e. The van der Waals surface area contributed by atoms with Crippen LogP contribution in [-0.2, 0) is 20.9 Å². The molecule has 2 N–H and O–H groups in total. The number of likely N-dealkylation sites (tertiary alicyclic amines) is 1. The van der Waals surface area contributed by atoms with Crippen molar-refractivity contribution in [3.8, 4) is 0 Å². The van der Waals surface area contributed by atoms with Crippen molar-refractivity contribution in [2.24, 2.45) is 0 Å². The molecule has 40 heavy (non-hydrogen) atoms. The number of piperidine rings is 1. The summed E-state index contributed by atoms with van der Waals surface area (Å²) >= 11 is 0. The Bertz CT molecular complexity index is 1110. The molecule has 4 heterocycles. The van der Waals surface area contributed by atoms with Gasteiger partial charge in [-0.3, -0.25) is 14.7 Å². The Balaban J connectivity index is 0.000000333. The van der Waals surface area contributed by atoms with E-state index < -0.39 is 24.3 Å². The first-order chi connectivity index (χ1) is 18.5. The highest BCUT2D eigenvalue weighted by molar-refractivity contribution is 5.94. The van der Waals surface area contributed by atoms with E-state index >= 15 is 0 Å².